The fourth-order valence-corrected chi connectivity index (χ4v) is 3.44. The van der Waals surface area contributed by atoms with Crippen LogP contribution in [-0.2, 0) is 0 Å². The largest absolute Gasteiger partial charge is 0.310 e. The summed E-state index contributed by atoms with van der Waals surface area (Å²) in [5.41, 5.74) is 1.44. The third-order valence-corrected chi connectivity index (χ3v) is 4.59. The van der Waals surface area contributed by atoms with Gasteiger partial charge in [-0.05, 0) is 50.4 Å². The molecule has 0 spiro atoms. The van der Waals surface area contributed by atoms with Gasteiger partial charge < -0.3 is 10.2 Å². The van der Waals surface area contributed by atoms with Gasteiger partial charge >= 0.3 is 0 Å². The summed E-state index contributed by atoms with van der Waals surface area (Å²) < 4.78 is 0. The number of nitrogens with zero attached hydrogens (tertiary/aromatic N) is 1. The second-order valence-corrected chi connectivity index (χ2v) is 6.53. The summed E-state index contributed by atoms with van der Waals surface area (Å²) >= 11 is 0. The van der Waals surface area contributed by atoms with Crippen LogP contribution in [-0.4, -0.2) is 31.1 Å². The van der Waals surface area contributed by atoms with E-state index in [1.54, 1.807) is 0 Å². The van der Waals surface area contributed by atoms with Crippen LogP contribution in [0.2, 0.25) is 0 Å². The molecule has 1 fully saturated rings. The summed E-state index contributed by atoms with van der Waals surface area (Å²) in [6.07, 6.45) is 6.79. The van der Waals surface area contributed by atoms with Crippen LogP contribution in [0.3, 0.4) is 0 Å². The Morgan fingerprint density at radius 2 is 1.71 bits per heavy atom. The van der Waals surface area contributed by atoms with Crippen LogP contribution >= 0.6 is 0 Å². The van der Waals surface area contributed by atoms with Crippen molar-refractivity contribution in [1.29, 1.82) is 0 Å². The molecule has 0 bridgehead atoms. The van der Waals surface area contributed by atoms with E-state index in [-0.39, 0.29) is 0 Å². The van der Waals surface area contributed by atoms with Crippen molar-refractivity contribution < 1.29 is 0 Å². The van der Waals surface area contributed by atoms with E-state index >= 15 is 0 Å². The molecule has 1 heterocycles. The summed E-state index contributed by atoms with van der Waals surface area (Å²) in [6, 6.07) is 11.5. The van der Waals surface area contributed by atoms with Gasteiger partial charge in [0.05, 0.1) is 0 Å². The SMILES string of the molecule is CCCNC(c1ccccc1)C(C)CN1CCCCCC1. The molecule has 0 radical (unpaired) electrons. The Hall–Kier alpha value is -0.860. The molecule has 1 saturated heterocycles. The van der Waals surface area contributed by atoms with E-state index in [2.05, 4.69) is 54.4 Å². The standard InChI is InChI=1S/C19H32N2/c1-3-13-20-19(18-11-7-6-8-12-18)17(2)16-21-14-9-4-5-10-15-21/h6-8,11-12,17,19-20H,3-5,9-10,13-16H2,1-2H3. The molecule has 0 saturated carbocycles. The van der Waals surface area contributed by atoms with Gasteiger partial charge in [-0.1, -0.05) is 57.0 Å². The first kappa shape index (κ1) is 16.5. The Morgan fingerprint density at radius 3 is 2.33 bits per heavy atom. The quantitative estimate of drug-likeness (QED) is 0.807. The first-order valence-corrected chi connectivity index (χ1v) is 8.82. The molecule has 1 aromatic rings. The van der Waals surface area contributed by atoms with Crippen molar-refractivity contribution in [3.05, 3.63) is 35.9 Å². The van der Waals surface area contributed by atoms with E-state index < -0.39 is 0 Å². The molecule has 0 aromatic heterocycles. The molecular weight excluding hydrogens is 256 g/mol. The molecule has 1 aromatic carbocycles. The third kappa shape index (κ3) is 5.44. The number of benzene rings is 1. The molecule has 2 atom stereocenters. The maximum atomic E-state index is 3.76. The van der Waals surface area contributed by atoms with Gasteiger partial charge in [-0.15, -0.1) is 0 Å². The normalized spacial score (nSPS) is 19.9. The number of hydrogen-bond donors (Lipinski definition) is 1. The van der Waals surface area contributed by atoms with Crippen molar-refractivity contribution in [3.63, 3.8) is 0 Å². The number of hydrogen-bond acceptors (Lipinski definition) is 2. The second-order valence-electron chi connectivity index (χ2n) is 6.53. The van der Waals surface area contributed by atoms with Crippen molar-refractivity contribution in [2.24, 2.45) is 5.92 Å². The Kier molecular flexibility index (Phi) is 7.25. The summed E-state index contributed by atoms with van der Waals surface area (Å²) in [6.45, 7) is 9.55. The third-order valence-electron chi connectivity index (χ3n) is 4.59. The first-order valence-electron chi connectivity index (χ1n) is 8.82. The smallest absolute Gasteiger partial charge is 0.0358 e. The van der Waals surface area contributed by atoms with Crippen LogP contribution in [0.15, 0.2) is 30.3 Å². The molecule has 2 heteroatoms. The lowest BCUT2D eigenvalue weighted by atomic mass is 9.93. The highest BCUT2D eigenvalue weighted by Gasteiger charge is 2.21. The zero-order chi connectivity index (χ0) is 14.9. The average molecular weight is 288 g/mol. The molecule has 118 valence electrons. The molecule has 1 aliphatic rings. The lowest BCUT2D eigenvalue weighted by Gasteiger charge is -2.30. The van der Waals surface area contributed by atoms with Crippen LogP contribution in [0.25, 0.3) is 0 Å². The van der Waals surface area contributed by atoms with Gasteiger partial charge in [0.25, 0.3) is 0 Å². The fourth-order valence-electron chi connectivity index (χ4n) is 3.44. The van der Waals surface area contributed by atoms with Crippen molar-refractivity contribution in [2.45, 2.75) is 52.0 Å². The van der Waals surface area contributed by atoms with Gasteiger partial charge in [-0.25, -0.2) is 0 Å². The van der Waals surface area contributed by atoms with Crippen molar-refractivity contribution in [3.8, 4) is 0 Å². The Morgan fingerprint density at radius 1 is 1.05 bits per heavy atom. The first-order chi connectivity index (χ1) is 10.3. The lowest BCUT2D eigenvalue weighted by Crippen LogP contribution is -2.36. The molecule has 0 aliphatic carbocycles. The van der Waals surface area contributed by atoms with Crippen LogP contribution in [0.5, 0.6) is 0 Å². The summed E-state index contributed by atoms with van der Waals surface area (Å²) in [7, 11) is 0. The maximum absolute atomic E-state index is 3.76. The van der Waals surface area contributed by atoms with Gasteiger partial charge in [0.2, 0.25) is 0 Å². The van der Waals surface area contributed by atoms with E-state index in [1.165, 1.54) is 57.3 Å². The van der Waals surface area contributed by atoms with Gasteiger partial charge in [0, 0.05) is 12.6 Å². The monoisotopic (exact) mass is 288 g/mol. The minimum Gasteiger partial charge on any atom is -0.310 e. The Bertz CT molecular complexity index is 368. The summed E-state index contributed by atoms with van der Waals surface area (Å²) in [4.78, 5) is 2.68. The molecule has 2 unspecified atom stereocenters. The summed E-state index contributed by atoms with van der Waals surface area (Å²) in [5.74, 6) is 0.650. The van der Waals surface area contributed by atoms with Crippen molar-refractivity contribution >= 4 is 0 Å². The molecule has 1 aliphatic heterocycles. The molecule has 1 N–H and O–H groups in total. The highest BCUT2D eigenvalue weighted by molar-refractivity contribution is 5.19. The molecule has 0 amide bonds. The van der Waals surface area contributed by atoms with Crippen molar-refractivity contribution in [2.75, 3.05) is 26.2 Å². The zero-order valence-corrected chi connectivity index (χ0v) is 13.9. The van der Waals surface area contributed by atoms with Crippen LogP contribution in [0, 0.1) is 5.92 Å². The fraction of sp³-hybridized carbons (Fsp3) is 0.684. The average Bonchev–Trinajstić information content (AvgIpc) is 2.77. The van der Waals surface area contributed by atoms with E-state index in [0.717, 1.165) is 6.54 Å². The number of likely N-dealkylation sites (tertiary alicyclic amines) is 1. The Balaban J connectivity index is 1.97. The number of rotatable bonds is 7. The van der Waals surface area contributed by atoms with Gasteiger partial charge in [-0.2, -0.15) is 0 Å². The topological polar surface area (TPSA) is 15.3 Å². The molecule has 2 nitrogen and oxygen atoms in total. The number of nitrogens with one attached hydrogen (secondary N) is 1. The van der Waals surface area contributed by atoms with Gasteiger partial charge in [-0.3, -0.25) is 0 Å². The van der Waals surface area contributed by atoms with Gasteiger partial charge in [0.1, 0.15) is 0 Å². The molecular formula is C19H32N2. The predicted molar refractivity (Wildman–Crippen MR) is 91.5 cm³/mol. The maximum Gasteiger partial charge on any atom is 0.0358 e. The van der Waals surface area contributed by atoms with E-state index in [0.29, 0.717) is 12.0 Å². The van der Waals surface area contributed by atoms with Gasteiger partial charge in [0.15, 0.2) is 0 Å². The highest BCUT2D eigenvalue weighted by Crippen LogP contribution is 2.24. The Labute approximate surface area is 130 Å². The van der Waals surface area contributed by atoms with E-state index in [9.17, 15) is 0 Å². The molecule has 2 rings (SSSR count). The van der Waals surface area contributed by atoms with Crippen LogP contribution in [0.1, 0.15) is 57.6 Å². The molecule has 21 heavy (non-hydrogen) atoms. The van der Waals surface area contributed by atoms with Crippen LogP contribution < -0.4 is 5.32 Å². The highest BCUT2D eigenvalue weighted by atomic mass is 15.1. The van der Waals surface area contributed by atoms with Crippen LogP contribution in [0.4, 0.5) is 0 Å². The predicted octanol–water partition coefficient (Wildman–Crippen LogP) is 4.24. The minimum atomic E-state index is 0.481. The lowest BCUT2D eigenvalue weighted by molar-refractivity contribution is 0.217. The van der Waals surface area contributed by atoms with E-state index in [4.69, 9.17) is 0 Å². The second kappa shape index (κ2) is 9.22. The minimum absolute atomic E-state index is 0.481. The van der Waals surface area contributed by atoms with Crippen molar-refractivity contribution in [1.82, 2.24) is 10.2 Å². The zero-order valence-electron chi connectivity index (χ0n) is 13.9. The summed E-state index contributed by atoms with van der Waals surface area (Å²) in [5, 5.41) is 3.76. The van der Waals surface area contributed by atoms with E-state index in [1.807, 2.05) is 0 Å².